The lowest BCUT2D eigenvalue weighted by Crippen LogP contribution is -2.48. The maximum atomic E-state index is 12.2. The number of aliphatic carboxylic acids is 1. The summed E-state index contributed by atoms with van der Waals surface area (Å²) >= 11 is 1.49. The van der Waals surface area contributed by atoms with Crippen LogP contribution in [0.1, 0.15) is 6.42 Å². The van der Waals surface area contributed by atoms with E-state index < -0.39 is 12.0 Å². The van der Waals surface area contributed by atoms with Gasteiger partial charge in [0.15, 0.2) is 0 Å². The molecule has 2 unspecified atom stereocenters. The normalized spacial score (nSPS) is 28.8. The molecule has 2 heterocycles. The minimum absolute atomic E-state index is 0.154. The summed E-state index contributed by atoms with van der Waals surface area (Å²) in [7, 11) is 0. The van der Waals surface area contributed by atoms with Crippen LogP contribution in [-0.4, -0.2) is 64.2 Å². The standard InChI is InChI=1S/C10H17N3O3S/c11-3-7-1-2-12(4-7)10(16)13-6-17-5-8(13)9(14)15/h7-8H,1-6,11H2,(H,14,15). The fourth-order valence-electron chi connectivity index (χ4n) is 2.22. The molecule has 3 N–H and O–H groups in total. The molecule has 0 aliphatic carbocycles. The Morgan fingerprint density at radius 2 is 2.24 bits per heavy atom. The van der Waals surface area contributed by atoms with Gasteiger partial charge in [0.05, 0.1) is 5.88 Å². The van der Waals surface area contributed by atoms with Crippen molar-refractivity contribution in [3.63, 3.8) is 0 Å². The quantitative estimate of drug-likeness (QED) is 0.720. The topological polar surface area (TPSA) is 86.9 Å². The number of rotatable bonds is 2. The van der Waals surface area contributed by atoms with Gasteiger partial charge in [-0.2, -0.15) is 0 Å². The average molecular weight is 259 g/mol. The number of likely N-dealkylation sites (tertiary alicyclic amines) is 1. The van der Waals surface area contributed by atoms with Crippen molar-refractivity contribution in [1.82, 2.24) is 9.80 Å². The van der Waals surface area contributed by atoms with Crippen molar-refractivity contribution >= 4 is 23.8 Å². The number of hydrogen-bond donors (Lipinski definition) is 2. The highest BCUT2D eigenvalue weighted by molar-refractivity contribution is 7.99. The van der Waals surface area contributed by atoms with Gasteiger partial charge >= 0.3 is 12.0 Å². The zero-order valence-corrected chi connectivity index (χ0v) is 10.4. The van der Waals surface area contributed by atoms with Gasteiger partial charge in [-0.1, -0.05) is 0 Å². The van der Waals surface area contributed by atoms with Crippen LogP contribution in [0, 0.1) is 5.92 Å². The Morgan fingerprint density at radius 3 is 2.82 bits per heavy atom. The van der Waals surface area contributed by atoms with E-state index in [0.717, 1.165) is 6.42 Å². The van der Waals surface area contributed by atoms with Crippen molar-refractivity contribution in [3.8, 4) is 0 Å². The van der Waals surface area contributed by atoms with Crippen LogP contribution in [-0.2, 0) is 4.79 Å². The third-order valence-corrected chi connectivity index (χ3v) is 4.31. The van der Waals surface area contributed by atoms with Crippen molar-refractivity contribution in [2.24, 2.45) is 11.7 Å². The van der Waals surface area contributed by atoms with Crippen molar-refractivity contribution in [3.05, 3.63) is 0 Å². The van der Waals surface area contributed by atoms with Crippen molar-refractivity contribution < 1.29 is 14.7 Å². The summed E-state index contributed by atoms with van der Waals surface area (Å²) in [4.78, 5) is 26.3. The highest BCUT2D eigenvalue weighted by atomic mass is 32.2. The van der Waals surface area contributed by atoms with Crippen molar-refractivity contribution in [2.75, 3.05) is 31.3 Å². The molecule has 96 valence electrons. The highest BCUT2D eigenvalue weighted by Gasteiger charge is 2.38. The molecule has 17 heavy (non-hydrogen) atoms. The van der Waals surface area contributed by atoms with Gasteiger partial charge in [0.2, 0.25) is 0 Å². The van der Waals surface area contributed by atoms with Gasteiger partial charge in [-0.15, -0.1) is 11.8 Å². The van der Waals surface area contributed by atoms with Gasteiger partial charge in [-0.05, 0) is 18.9 Å². The molecule has 0 aromatic heterocycles. The Labute approximate surface area is 104 Å². The van der Waals surface area contributed by atoms with Crippen LogP contribution in [0.25, 0.3) is 0 Å². The maximum absolute atomic E-state index is 12.2. The predicted molar refractivity (Wildman–Crippen MR) is 64.7 cm³/mol. The van der Waals surface area contributed by atoms with E-state index in [4.69, 9.17) is 10.8 Å². The highest BCUT2D eigenvalue weighted by Crippen LogP contribution is 2.25. The number of hydrogen-bond acceptors (Lipinski definition) is 4. The number of amides is 2. The summed E-state index contributed by atoms with van der Waals surface area (Å²) < 4.78 is 0. The number of carboxylic acid groups (broad SMARTS) is 1. The largest absolute Gasteiger partial charge is 0.480 e. The molecule has 0 bridgehead atoms. The SMILES string of the molecule is NCC1CCN(C(=O)N2CSCC2C(=O)O)C1. The third-order valence-electron chi connectivity index (χ3n) is 3.30. The second-order valence-corrected chi connectivity index (χ2v) is 5.44. The van der Waals surface area contributed by atoms with Crippen LogP contribution in [0.5, 0.6) is 0 Å². The van der Waals surface area contributed by atoms with Crippen molar-refractivity contribution in [1.29, 1.82) is 0 Å². The van der Waals surface area contributed by atoms with E-state index >= 15 is 0 Å². The van der Waals surface area contributed by atoms with Crippen LogP contribution in [0.2, 0.25) is 0 Å². The Balaban J connectivity index is 1.98. The Morgan fingerprint density at radius 1 is 1.47 bits per heavy atom. The number of carbonyl (C=O) groups excluding carboxylic acids is 1. The van der Waals surface area contributed by atoms with Crippen LogP contribution in [0.4, 0.5) is 4.79 Å². The third kappa shape index (κ3) is 2.50. The first-order chi connectivity index (χ1) is 8.13. The lowest BCUT2D eigenvalue weighted by molar-refractivity contribution is -0.140. The van der Waals surface area contributed by atoms with E-state index in [-0.39, 0.29) is 6.03 Å². The lowest BCUT2D eigenvalue weighted by atomic mass is 10.1. The molecule has 2 fully saturated rings. The van der Waals surface area contributed by atoms with E-state index in [1.807, 2.05) is 0 Å². The number of nitrogens with two attached hydrogens (primary N) is 1. The molecule has 7 heteroatoms. The van der Waals surface area contributed by atoms with Crippen LogP contribution >= 0.6 is 11.8 Å². The van der Waals surface area contributed by atoms with Crippen LogP contribution < -0.4 is 5.73 Å². The average Bonchev–Trinajstić information content (AvgIpc) is 2.97. The van der Waals surface area contributed by atoms with E-state index in [9.17, 15) is 9.59 Å². The van der Waals surface area contributed by atoms with Crippen LogP contribution in [0.3, 0.4) is 0 Å². The summed E-state index contributed by atoms with van der Waals surface area (Å²) in [5, 5.41) is 9.03. The molecule has 2 saturated heterocycles. The fourth-order valence-corrected chi connectivity index (χ4v) is 3.35. The summed E-state index contributed by atoms with van der Waals surface area (Å²) in [5.74, 6) is 0.393. The summed E-state index contributed by atoms with van der Waals surface area (Å²) in [6.45, 7) is 1.93. The summed E-state index contributed by atoms with van der Waals surface area (Å²) in [5.41, 5.74) is 5.58. The second kappa shape index (κ2) is 5.14. The molecule has 0 radical (unpaired) electrons. The van der Waals surface area contributed by atoms with E-state index in [1.165, 1.54) is 16.7 Å². The lowest BCUT2D eigenvalue weighted by Gasteiger charge is -2.26. The minimum Gasteiger partial charge on any atom is -0.480 e. The number of thioether (sulfide) groups is 1. The Hall–Kier alpha value is -0.950. The van der Waals surface area contributed by atoms with Crippen molar-refractivity contribution in [2.45, 2.75) is 12.5 Å². The molecule has 2 amide bonds. The van der Waals surface area contributed by atoms with E-state index in [0.29, 0.717) is 37.2 Å². The predicted octanol–water partition coefficient (Wildman–Crippen LogP) is -0.153. The molecule has 2 atom stereocenters. The van der Waals surface area contributed by atoms with Gasteiger partial charge in [0, 0.05) is 18.8 Å². The van der Waals surface area contributed by atoms with Gasteiger partial charge in [-0.25, -0.2) is 9.59 Å². The number of nitrogens with zero attached hydrogens (tertiary/aromatic N) is 2. The smallest absolute Gasteiger partial charge is 0.327 e. The number of urea groups is 1. The summed E-state index contributed by atoms with van der Waals surface area (Å²) in [6.07, 6.45) is 0.918. The minimum atomic E-state index is -0.919. The molecule has 0 aromatic rings. The van der Waals surface area contributed by atoms with Gasteiger partial charge in [0.1, 0.15) is 6.04 Å². The second-order valence-electron chi connectivity index (χ2n) is 4.44. The molecule has 2 aliphatic rings. The maximum Gasteiger partial charge on any atom is 0.327 e. The Bertz CT molecular complexity index is 326. The van der Waals surface area contributed by atoms with E-state index in [2.05, 4.69) is 0 Å². The van der Waals surface area contributed by atoms with Gasteiger partial charge < -0.3 is 20.6 Å². The summed E-state index contributed by atoms with van der Waals surface area (Å²) in [6, 6.07) is -0.831. The molecule has 2 rings (SSSR count). The zero-order chi connectivity index (χ0) is 12.4. The molecule has 2 aliphatic heterocycles. The molecule has 0 spiro atoms. The zero-order valence-electron chi connectivity index (χ0n) is 9.54. The fraction of sp³-hybridized carbons (Fsp3) is 0.800. The first kappa shape index (κ1) is 12.5. The number of carboxylic acids is 1. The van der Waals surface area contributed by atoms with Gasteiger partial charge in [-0.3, -0.25) is 0 Å². The molecule has 0 aromatic carbocycles. The Kier molecular flexibility index (Phi) is 3.78. The molecular weight excluding hydrogens is 242 g/mol. The monoisotopic (exact) mass is 259 g/mol. The molecule has 6 nitrogen and oxygen atoms in total. The van der Waals surface area contributed by atoms with E-state index in [1.54, 1.807) is 4.90 Å². The molecule has 0 saturated carbocycles. The first-order valence-corrected chi connectivity index (χ1v) is 6.85. The van der Waals surface area contributed by atoms with Gasteiger partial charge in [0.25, 0.3) is 0 Å². The first-order valence-electron chi connectivity index (χ1n) is 5.69. The number of carbonyl (C=O) groups is 2. The molecular formula is C10H17N3O3S. The van der Waals surface area contributed by atoms with Crippen LogP contribution in [0.15, 0.2) is 0 Å².